The second-order valence-corrected chi connectivity index (χ2v) is 6.25. The molecule has 0 aliphatic carbocycles. The Bertz CT molecular complexity index is 1000. The number of aromatic nitrogens is 2. The summed E-state index contributed by atoms with van der Waals surface area (Å²) in [5.74, 6) is -2.44. The van der Waals surface area contributed by atoms with Gasteiger partial charge in [-0.05, 0) is 30.3 Å². The van der Waals surface area contributed by atoms with Crippen molar-refractivity contribution in [1.82, 2.24) is 9.55 Å². The van der Waals surface area contributed by atoms with Crippen LogP contribution in [0.1, 0.15) is 6.23 Å². The van der Waals surface area contributed by atoms with Gasteiger partial charge in [-0.3, -0.25) is 9.88 Å². The zero-order valence-electron chi connectivity index (χ0n) is 15.8. The third-order valence-corrected chi connectivity index (χ3v) is 3.77. The van der Waals surface area contributed by atoms with Crippen molar-refractivity contribution in [2.24, 2.45) is 0 Å². The summed E-state index contributed by atoms with van der Waals surface area (Å²) in [7, 11) is 0. The van der Waals surface area contributed by atoms with E-state index in [4.69, 9.17) is 40.8 Å². The molecule has 1 aromatic carbocycles. The minimum Gasteiger partial charge on any atom is -0.475 e. The van der Waals surface area contributed by atoms with Crippen molar-refractivity contribution in [2.75, 3.05) is 18.5 Å². The maximum Gasteiger partial charge on any atom is 0.490 e. The molecule has 1 saturated heterocycles. The number of benzene rings is 1. The van der Waals surface area contributed by atoms with Gasteiger partial charge < -0.3 is 24.4 Å². The minimum absolute atomic E-state index is 0.0258. The number of amides is 1. The Morgan fingerprint density at radius 1 is 1.28 bits per heavy atom. The summed E-state index contributed by atoms with van der Waals surface area (Å²) in [5, 5.41) is 18.9. The van der Waals surface area contributed by atoms with E-state index in [2.05, 4.69) is 10.3 Å². The molecular formula is C17H15ClF3N3O8. The molecule has 2 heterocycles. The van der Waals surface area contributed by atoms with Crippen molar-refractivity contribution in [3.8, 4) is 5.75 Å². The highest BCUT2D eigenvalue weighted by atomic mass is 35.5. The Balaban J connectivity index is 0.000000451. The highest BCUT2D eigenvalue weighted by molar-refractivity contribution is 6.30. The first-order chi connectivity index (χ1) is 15.0. The molecule has 3 rings (SSSR count). The molecule has 2 atom stereocenters. The van der Waals surface area contributed by atoms with Crippen LogP contribution >= 0.6 is 11.6 Å². The highest BCUT2D eigenvalue weighted by Crippen LogP contribution is 2.19. The smallest absolute Gasteiger partial charge is 0.475 e. The van der Waals surface area contributed by atoms with Crippen LogP contribution in [-0.2, 0) is 14.3 Å². The number of aliphatic hydroxyl groups excluding tert-OH is 1. The molecule has 1 amide bonds. The van der Waals surface area contributed by atoms with Gasteiger partial charge in [0.2, 0.25) is 0 Å². The van der Waals surface area contributed by atoms with Crippen molar-refractivity contribution in [2.45, 2.75) is 18.7 Å². The molecule has 2 unspecified atom stereocenters. The van der Waals surface area contributed by atoms with E-state index < -0.39 is 36.4 Å². The quantitative estimate of drug-likeness (QED) is 0.596. The average Bonchev–Trinajstić information content (AvgIpc) is 3.18. The number of aliphatic hydroxyl groups is 1. The molecule has 1 aromatic heterocycles. The van der Waals surface area contributed by atoms with Crippen molar-refractivity contribution in [3.63, 3.8) is 0 Å². The summed E-state index contributed by atoms with van der Waals surface area (Å²) in [6.45, 7) is -0.201. The molecule has 1 aliphatic rings. The lowest BCUT2D eigenvalue weighted by Crippen LogP contribution is -2.29. The van der Waals surface area contributed by atoms with Gasteiger partial charge in [0.05, 0.1) is 13.2 Å². The Labute approximate surface area is 181 Å². The van der Waals surface area contributed by atoms with E-state index in [1.807, 2.05) is 0 Å². The number of hydrogen-bond acceptors (Lipinski definition) is 8. The molecule has 11 nitrogen and oxygen atoms in total. The van der Waals surface area contributed by atoms with Gasteiger partial charge in [0.15, 0.2) is 12.5 Å². The first-order valence-electron chi connectivity index (χ1n) is 8.51. The lowest BCUT2D eigenvalue weighted by Gasteiger charge is -2.12. The number of hydrogen-bond donors (Lipinski definition) is 3. The van der Waals surface area contributed by atoms with E-state index in [1.165, 1.54) is 29.0 Å². The number of carboxylic acids is 1. The zero-order chi connectivity index (χ0) is 23.9. The third-order valence-electron chi connectivity index (χ3n) is 3.52. The maximum absolute atomic E-state index is 12.0. The van der Waals surface area contributed by atoms with Gasteiger partial charge in [-0.2, -0.15) is 18.2 Å². The molecule has 0 saturated carbocycles. The fraction of sp³-hybridized carbons (Fsp3) is 0.294. The summed E-state index contributed by atoms with van der Waals surface area (Å²) in [4.78, 5) is 36.5. The monoisotopic (exact) mass is 481 g/mol. The van der Waals surface area contributed by atoms with Crippen molar-refractivity contribution >= 4 is 29.5 Å². The first kappa shape index (κ1) is 25.1. The number of nitrogens with zero attached hydrogens (tertiary/aromatic N) is 2. The van der Waals surface area contributed by atoms with E-state index in [-0.39, 0.29) is 19.0 Å². The number of rotatable bonds is 4. The molecule has 0 bridgehead atoms. The molecule has 0 spiro atoms. The number of ether oxygens (including phenoxy) is 3. The predicted octanol–water partition coefficient (Wildman–Crippen LogP) is 2.00. The van der Waals surface area contributed by atoms with Gasteiger partial charge in [0.1, 0.15) is 11.6 Å². The number of anilines is 1. The molecule has 3 N–H and O–H groups in total. The molecule has 174 valence electrons. The van der Waals surface area contributed by atoms with Crippen LogP contribution in [-0.4, -0.2) is 57.5 Å². The van der Waals surface area contributed by atoms with E-state index in [1.54, 1.807) is 12.1 Å². The number of halogens is 4. The van der Waals surface area contributed by atoms with E-state index in [0.717, 1.165) is 0 Å². The van der Waals surface area contributed by atoms with Crippen LogP contribution in [0, 0.1) is 0 Å². The molecular weight excluding hydrogens is 467 g/mol. The number of carboxylic acid groups (broad SMARTS) is 1. The van der Waals surface area contributed by atoms with Crippen LogP contribution in [0.25, 0.3) is 0 Å². The van der Waals surface area contributed by atoms with Crippen LogP contribution in [0.15, 0.2) is 41.3 Å². The summed E-state index contributed by atoms with van der Waals surface area (Å²) in [6, 6.07) is 7.63. The topological polar surface area (TPSA) is 149 Å². The molecule has 2 aromatic rings. The summed E-state index contributed by atoms with van der Waals surface area (Å²) in [6.07, 6.45) is -5.94. The fourth-order valence-electron chi connectivity index (χ4n) is 2.13. The second kappa shape index (κ2) is 10.9. The predicted molar refractivity (Wildman–Crippen MR) is 100 cm³/mol. The molecule has 0 radical (unpaired) electrons. The summed E-state index contributed by atoms with van der Waals surface area (Å²) < 4.78 is 48.4. The number of nitrogens with one attached hydrogen (secondary N) is 1. The van der Waals surface area contributed by atoms with E-state index in [9.17, 15) is 22.8 Å². The first-order valence-corrected chi connectivity index (χ1v) is 8.89. The minimum atomic E-state index is -5.08. The van der Waals surface area contributed by atoms with Crippen LogP contribution < -0.4 is 15.7 Å². The standard InChI is InChI=1S/C15H14ClN3O6.C2HF3O2/c16-9-1-3-10(4-2-9)24-15(22)18-11-5-6-19(14(21)17-11)12-8-23-13(7-20)25-12;3-2(4,5)1(6)7/h1-6,12-13,20H,7-8H2,(H,17,18,21,22);(H,6,7). The van der Waals surface area contributed by atoms with Gasteiger partial charge in [0.25, 0.3) is 0 Å². The third kappa shape index (κ3) is 7.49. The largest absolute Gasteiger partial charge is 0.490 e. The second-order valence-electron chi connectivity index (χ2n) is 5.81. The Morgan fingerprint density at radius 2 is 1.91 bits per heavy atom. The van der Waals surface area contributed by atoms with Gasteiger partial charge in [0, 0.05) is 11.2 Å². The normalized spacial score (nSPS) is 17.8. The van der Waals surface area contributed by atoms with E-state index >= 15 is 0 Å². The maximum atomic E-state index is 12.0. The van der Waals surface area contributed by atoms with Crippen molar-refractivity contribution in [1.29, 1.82) is 0 Å². The highest BCUT2D eigenvalue weighted by Gasteiger charge is 2.38. The number of alkyl halides is 3. The molecule has 1 fully saturated rings. The fourth-order valence-corrected chi connectivity index (χ4v) is 2.25. The van der Waals surface area contributed by atoms with Crippen LogP contribution in [0.4, 0.5) is 23.8 Å². The van der Waals surface area contributed by atoms with Gasteiger partial charge in [-0.1, -0.05) is 11.6 Å². The summed E-state index contributed by atoms with van der Waals surface area (Å²) in [5.41, 5.74) is -0.642. The number of aliphatic carboxylic acids is 1. The van der Waals surface area contributed by atoms with Gasteiger partial charge >= 0.3 is 23.9 Å². The SMILES string of the molecule is O=C(Nc1ccn(C2COC(CO)O2)c(=O)n1)Oc1ccc(Cl)cc1.O=C(O)C(F)(F)F. The van der Waals surface area contributed by atoms with Gasteiger partial charge in [-0.25, -0.2) is 14.4 Å². The Morgan fingerprint density at radius 3 is 2.41 bits per heavy atom. The van der Waals surface area contributed by atoms with Crippen LogP contribution in [0.5, 0.6) is 5.75 Å². The lowest BCUT2D eigenvalue weighted by molar-refractivity contribution is -0.192. The van der Waals surface area contributed by atoms with Crippen LogP contribution in [0.2, 0.25) is 5.02 Å². The average molecular weight is 482 g/mol. The molecule has 32 heavy (non-hydrogen) atoms. The molecule has 1 aliphatic heterocycles. The van der Waals surface area contributed by atoms with Gasteiger partial charge in [-0.15, -0.1) is 0 Å². The molecule has 15 heteroatoms. The van der Waals surface area contributed by atoms with Crippen LogP contribution in [0.3, 0.4) is 0 Å². The van der Waals surface area contributed by atoms with E-state index in [0.29, 0.717) is 10.8 Å². The zero-order valence-corrected chi connectivity index (χ0v) is 16.5. The Hall–Kier alpha value is -3.20. The Kier molecular flexibility index (Phi) is 8.54. The van der Waals surface area contributed by atoms with Crippen molar-refractivity contribution < 1.29 is 47.2 Å². The number of carbonyl (C=O) groups is 2. The number of carbonyl (C=O) groups excluding carboxylic acids is 1. The summed E-state index contributed by atoms with van der Waals surface area (Å²) >= 11 is 5.75. The van der Waals surface area contributed by atoms with Crippen molar-refractivity contribution in [3.05, 3.63) is 52.0 Å². The lowest BCUT2D eigenvalue weighted by atomic mass is 10.3.